The van der Waals surface area contributed by atoms with Crippen molar-refractivity contribution in [1.29, 1.82) is 0 Å². The van der Waals surface area contributed by atoms with E-state index in [1.54, 1.807) is 0 Å². The molecule has 0 amide bonds. The van der Waals surface area contributed by atoms with E-state index in [9.17, 15) is 0 Å². The van der Waals surface area contributed by atoms with Gasteiger partial charge in [0.15, 0.2) is 0 Å². The van der Waals surface area contributed by atoms with Gasteiger partial charge in [-0.3, -0.25) is 0 Å². The Morgan fingerprint density at radius 3 is 2.25 bits per heavy atom. The van der Waals surface area contributed by atoms with Gasteiger partial charge in [0.2, 0.25) is 0 Å². The van der Waals surface area contributed by atoms with Crippen LogP contribution in [0, 0.1) is 0 Å². The predicted molar refractivity (Wildman–Crippen MR) is 75.5 cm³/mol. The summed E-state index contributed by atoms with van der Waals surface area (Å²) in [6.07, 6.45) is 3.45. The van der Waals surface area contributed by atoms with Crippen LogP contribution >= 0.6 is 12.6 Å². The average molecular weight is 237 g/mol. The van der Waals surface area contributed by atoms with Crippen molar-refractivity contribution >= 4 is 12.6 Å². The van der Waals surface area contributed by atoms with Crippen molar-refractivity contribution < 1.29 is 0 Å². The predicted octanol–water partition coefficient (Wildman–Crippen LogP) is 3.04. The summed E-state index contributed by atoms with van der Waals surface area (Å²) in [6, 6.07) is 8.99. The largest absolute Gasteiger partial charge is 0.306 e. The van der Waals surface area contributed by atoms with Crippen LogP contribution < -0.4 is 0 Å². The Bertz CT molecular complexity index is 281. The fraction of sp³-hybridized carbons (Fsp3) is 0.571. The van der Waals surface area contributed by atoms with E-state index in [4.69, 9.17) is 0 Å². The molecule has 0 aliphatic carbocycles. The second-order valence-electron chi connectivity index (χ2n) is 4.30. The van der Waals surface area contributed by atoms with Crippen LogP contribution in [0.2, 0.25) is 0 Å². The first-order chi connectivity index (χ1) is 7.76. The van der Waals surface area contributed by atoms with Crippen molar-refractivity contribution in [1.82, 2.24) is 4.90 Å². The minimum Gasteiger partial charge on any atom is -0.306 e. The van der Waals surface area contributed by atoms with Crippen molar-refractivity contribution in [3.8, 4) is 0 Å². The van der Waals surface area contributed by atoms with Crippen LogP contribution in [0.15, 0.2) is 24.3 Å². The molecule has 0 saturated carbocycles. The third kappa shape index (κ3) is 5.04. The van der Waals surface area contributed by atoms with Gasteiger partial charge in [0.05, 0.1) is 0 Å². The van der Waals surface area contributed by atoms with E-state index in [0.717, 1.165) is 31.7 Å². The minimum atomic E-state index is 0.982. The third-order valence-corrected chi connectivity index (χ3v) is 3.23. The molecule has 0 fully saturated rings. The van der Waals surface area contributed by atoms with Gasteiger partial charge in [-0.05, 0) is 49.7 Å². The smallest absolute Gasteiger partial charge is 0.00188 e. The molecule has 0 heterocycles. The zero-order valence-electron chi connectivity index (χ0n) is 10.4. The number of hydrogen-bond acceptors (Lipinski definition) is 2. The van der Waals surface area contributed by atoms with E-state index in [1.807, 2.05) is 0 Å². The van der Waals surface area contributed by atoms with Crippen molar-refractivity contribution in [3.63, 3.8) is 0 Å². The maximum absolute atomic E-state index is 4.23. The van der Waals surface area contributed by atoms with E-state index in [1.165, 1.54) is 17.5 Å². The van der Waals surface area contributed by atoms with E-state index in [0.29, 0.717) is 0 Å². The highest BCUT2D eigenvalue weighted by molar-refractivity contribution is 7.80. The lowest BCUT2D eigenvalue weighted by Crippen LogP contribution is -2.22. The normalized spacial score (nSPS) is 11.0. The highest BCUT2D eigenvalue weighted by Gasteiger charge is 1.99. The summed E-state index contributed by atoms with van der Waals surface area (Å²) >= 11 is 4.23. The lowest BCUT2D eigenvalue weighted by molar-refractivity contribution is 0.340. The zero-order valence-corrected chi connectivity index (χ0v) is 11.3. The Morgan fingerprint density at radius 1 is 1.06 bits per heavy atom. The summed E-state index contributed by atoms with van der Waals surface area (Å²) in [5.74, 6) is 0.982. The monoisotopic (exact) mass is 237 g/mol. The molecule has 0 N–H and O–H groups in total. The van der Waals surface area contributed by atoms with Crippen LogP contribution in [0.3, 0.4) is 0 Å². The van der Waals surface area contributed by atoms with Crippen molar-refractivity contribution in [3.05, 3.63) is 35.4 Å². The number of likely N-dealkylation sites (N-methyl/N-ethyl adjacent to an activating group) is 1. The summed E-state index contributed by atoms with van der Waals surface area (Å²) in [5, 5.41) is 0. The first-order valence-electron chi connectivity index (χ1n) is 6.13. The molecule has 0 aliphatic rings. The molecule has 1 nitrogen and oxygen atoms in total. The Hall–Kier alpha value is -0.470. The van der Waals surface area contributed by atoms with Crippen molar-refractivity contribution in [2.75, 3.05) is 25.9 Å². The summed E-state index contributed by atoms with van der Waals surface area (Å²) in [5.41, 5.74) is 2.86. The van der Waals surface area contributed by atoms with Gasteiger partial charge >= 0.3 is 0 Å². The first-order valence-corrected chi connectivity index (χ1v) is 6.76. The van der Waals surface area contributed by atoms with Crippen LogP contribution in [0.1, 0.15) is 24.5 Å². The second kappa shape index (κ2) is 7.75. The van der Waals surface area contributed by atoms with Crippen LogP contribution in [0.25, 0.3) is 0 Å². The van der Waals surface area contributed by atoms with Crippen LogP contribution in [0.4, 0.5) is 0 Å². The Kier molecular flexibility index (Phi) is 6.58. The summed E-state index contributed by atoms with van der Waals surface area (Å²) in [6.45, 7) is 4.48. The molecular formula is C14H23NS. The van der Waals surface area contributed by atoms with E-state index in [-0.39, 0.29) is 0 Å². The van der Waals surface area contributed by atoms with Gasteiger partial charge in [-0.15, -0.1) is 0 Å². The molecule has 0 saturated heterocycles. The van der Waals surface area contributed by atoms with E-state index >= 15 is 0 Å². The summed E-state index contributed by atoms with van der Waals surface area (Å²) in [4.78, 5) is 2.38. The molecule has 1 aromatic rings. The molecule has 0 bridgehead atoms. The van der Waals surface area contributed by atoms with Gasteiger partial charge in [0, 0.05) is 6.54 Å². The summed E-state index contributed by atoms with van der Waals surface area (Å²) in [7, 11) is 2.18. The van der Waals surface area contributed by atoms with Gasteiger partial charge in [0.25, 0.3) is 0 Å². The minimum absolute atomic E-state index is 0.982. The van der Waals surface area contributed by atoms with Crippen LogP contribution in [-0.2, 0) is 12.8 Å². The number of rotatable bonds is 7. The average Bonchev–Trinajstić information content (AvgIpc) is 2.34. The molecule has 2 heteroatoms. The molecule has 0 spiro atoms. The number of thiol groups is 1. The molecule has 0 radical (unpaired) electrons. The van der Waals surface area contributed by atoms with Gasteiger partial charge in [0.1, 0.15) is 0 Å². The molecule has 0 aliphatic heterocycles. The van der Waals surface area contributed by atoms with Gasteiger partial charge in [-0.25, -0.2) is 0 Å². The quantitative estimate of drug-likeness (QED) is 0.713. The Labute approximate surface area is 105 Å². The zero-order chi connectivity index (χ0) is 11.8. The van der Waals surface area contributed by atoms with Gasteiger partial charge < -0.3 is 4.90 Å². The molecule has 0 atom stereocenters. The third-order valence-electron chi connectivity index (χ3n) is 2.91. The molecule has 90 valence electrons. The topological polar surface area (TPSA) is 3.24 Å². The van der Waals surface area contributed by atoms with Gasteiger partial charge in [-0.1, -0.05) is 31.2 Å². The molecule has 1 rings (SSSR count). The molecule has 0 unspecified atom stereocenters. The lowest BCUT2D eigenvalue weighted by Gasteiger charge is -2.15. The number of aryl methyl sites for hydroxylation is 1. The number of benzene rings is 1. The number of nitrogens with zero attached hydrogens (tertiary/aromatic N) is 1. The van der Waals surface area contributed by atoms with E-state index < -0.39 is 0 Å². The Balaban J connectivity index is 2.30. The van der Waals surface area contributed by atoms with Crippen molar-refractivity contribution in [2.24, 2.45) is 0 Å². The molecule has 1 aromatic carbocycles. The maximum Gasteiger partial charge on any atom is 0.00188 e. The molecule has 16 heavy (non-hydrogen) atoms. The standard InChI is InChI=1S/C14H23NS/c1-3-13-5-7-14(8-6-13)9-11-15(2)10-4-12-16/h5-8,16H,3-4,9-12H2,1-2H3. The SMILES string of the molecule is CCc1ccc(CCN(C)CCCS)cc1. The fourth-order valence-electron chi connectivity index (χ4n) is 1.71. The Morgan fingerprint density at radius 2 is 1.69 bits per heavy atom. The number of hydrogen-bond donors (Lipinski definition) is 1. The summed E-state index contributed by atoms with van der Waals surface area (Å²) < 4.78 is 0. The fourth-order valence-corrected chi connectivity index (χ4v) is 1.86. The van der Waals surface area contributed by atoms with Crippen LogP contribution in [-0.4, -0.2) is 30.8 Å². The van der Waals surface area contributed by atoms with Gasteiger partial charge in [-0.2, -0.15) is 12.6 Å². The lowest BCUT2D eigenvalue weighted by atomic mass is 10.1. The highest BCUT2D eigenvalue weighted by Crippen LogP contribution is 2.06. The van der Waals surface area contributed by atoms with Crippen LogP contribution in [0.5, 0.6) is 0 Å². The second-order valence-corrected chi connectivity index (χ2v) is 4.75. The highest BCUT2D eigenvalue weighted by atomic mass is 32.1. The first kappa shape index (κ1) is 13.6. The van der Waals surface area contributed by atoms with E-state index in [2.05, 4.69) is 55.8 Å². The maximum atomic E-state index is 4.23. The molecule has 0 aromatic heterocycles. The van der Waals surface area contributed by atoms with Crippen molar-refractivity contribution in [2.45, 2.75) is 26.2 Å². The molecular weight excluding hydrogens is 214 g/mol.